The Labute approximate surface area is 117 Å². The lowest BCUT2D eigenvalue weighted by Crippen LogP contribution is -2.44. The van der Waals surface area contributed by atoms with Crippen LogP contribution >= 0.6 is 0 Å². The smallest absolute Gasteiger partial charge is 0.236 e. The maximum Gasteiger partial charge on any atom is 0.236 e. The van der Waals surface area contributed by atoms with E-state index in [-0.39, 0.29) is 22.6 Å². The monoisotopic (exact) mass is 300 g/mol. The van der Waals surface area contributed by atoms with E-state index in [0.717, 1.165) is 6.07 Å². The molecule has 2 N–H and O–H groups in total. The number of amides is 1. The van der Waals surface area contributed by atoms with Crippen LogP contribution in [-0.2, 0) is 14.6 Å². The molecule has 1 aliphatic rings. The zero-order chi connectivity index (χ0) is 14.9. The number of benzene rings is 1. The van der Waals surface area contributed by atoms with E-state index in [4.69, 9.17) is 0 Å². The summed E-state index contributed by atoms with van der Waals surface area (Å²) in [5.74, 6) is -0.694. The molecule has 1 aliphatic heterocycles. The van der Waals surface area contributed by atoms with Gasteiger partial charge in [-0.1, -0.05) is 0 Å². The molecular formula is C13H17FN2O3S. The second-order valence-electron chi connectivity index (χ2n) is 4.84. The third-order valence-electron chi connectivity index (χ3n) is 3.45. The van der Waals surface area contributed by atoms with Crippen LogP contribution in [-0.4, -0.2) is 33.2 Å². The largest absolute Gasteiger partial charge is 0.358 e. The molecule has 0 radical (unpaired) electrons. The number of sulfone groups is 1. The van der Waals surface area contributed by atoms with Crippen molar-refractivity contribution in [1.29, 1.82) is 0 Å². The highest BCUT2D eigenvalue weighted by atomic mass is 32.2. The quantitative estimate of drug-likeness (QED) is 0.809. The fourth-order valence-electron chi connectivity index (χ4n) is 2.38. The van der Waals surface area contributed by atoms with Crippen LogP contribution in [0.5, 0.6) is 0 Å². The molecule has 1 aromatic rings. The van der Waals surface area contributed by atoms with Gasteiger partial charge in [-0.3, -0.25) is 10.1 Å². The highest BCUT2D eigenvalue weighted by Crippen LogP contribution is 2.32. The Balaban J connectivity index is 2.35. The summed E-state index contributed by atoms with van der Waals surface area (Å²) in [4.78, 5) is 11.7. The van der Waals surface area contributed by atoms with Gasteiger partial charge in [0.2, 0.25) is 5.91 Å². The van der Waals surface area contributed by atoms with Crippen LogP contribution in [0, 0.1) is 5.82 Å². The van der Waals surface area contributed by atoms with Crippen molar-refractivity contribution in [3.05, 3.63) is 29.6 Å². The molecule has 1 heterocycles. The summed E-state index contributed by atoms with van der Waals surface area (Å²) >= 11 is 0. The average Bonchev–Trinajstić information content (AvgIpc) is 2.40. The van der Waals surface area contributed by atoms with Gasteiger partial charge in [0.15, 0.2) is 9.84 Å². The van der Waals surface area contributed by atoms with Crippen LogP contribution in [0.3, 0.4) is 0 Å². The molecule has 110 valence electrons. The van der Waals surface area contributed by atoms with Crippen LogP contribution in [0.2, 0.25) is 0 Å². The Bertz CT molecular complexity index is 631. The van der Waals surface area contributed by atoms with E-state index >= 15 is 0 Å². The highest BCUT2D eigenvalue weighted by molar-refractivity contribution is 7.91. The van der Waals surface area contributed by atoms with Gasteiger partial charge in [0.25, 0.3) is 0 Å². The number of fused-ring (bicyclic) bond motifs is 1. The van der Waals surface area contributed by atoms with E-state index in [2.05, 4.69) is 10.6 Å². The lowest BCUT2D eigenvalue weighted by molar-refractivity contribution is -0.122. The second-order valence-corrected chi connectivity index (χ2v) is 6.92. The molecule has 5 nitrogen and oxygen atoms in total. The first-order chi connectivity index (χ1) is 9.35. The Morgan fingerprint density at radius 1 is 1.45 bits per heavy atom. The molecule has 0 bridgehead atoms. The molecule has 0 saturated heterocycles. The molecule has 0 aliphatic carbocycles. The lowest BCUT2D eigenvalue weighted by atomic mass is 10.0. The Hall–Kier alpha value is -1.47. The normalized spacial score (nSPS) is 21.9. The number of halogens is 1. The summed E-state index contributed by atoms with van der Waals surface area (Å²) < 4.78 is 37.3. The van der Waals surface area contributed by atoms with E-state index < -0.39 is 21.7 Å². The van der Waals surface area contributed by atoms with Crippen molar-refractivity contribution in [3.8, 4) is 0 Å². The number of carbonyl (C=O) groups is 1. The minimum atomic E-state index is -3.36. The lowest BCUT2D eigenvalue weighted by Gasteiger charge is -2.28. The highest BCUT2D eigenvalue weighted by Gasteiger charge is 2.31. The average molecular weight is 300 g/mol. The van der Waals surface area contributed by atoms with Crippen LogP contribution < -0.4 is 10.6 Å². The van der Waals surface area contributed by atoms with E-state index in [9.17, 15) is 17.6 Å². The van der Waals surface area contributed by atoms with Gasteiger partial charge >= 0.3 is 0 Å². The number of rotatable bonds is 3. The fraction of sp³-hybridized carbons (Fsp3) is 0.462. The third kappa shape index (κ3) is 2.83. The molecule has 1 amide bonds. The molecule has 20 heavy (non-hydrogen) atoms. The van der Waals surface area contributed by atoms with Crippen molar-refractivity contribution in [3.63, 3.8) is 0 Å². The minimum Gasteiger partial charge on any atom is -0.358 e. The van der Waals surface area contributed by atoms with Gasteiger partial charge in [0, 0.05) is 13.1 Å². The van der Waals surface area contributed by atoms with Crippen LogP contribution in [0.1, 0.15) is 24.9 Å². The number of likely N-dealkylation sites (N-methyl/N-ethyl adjacent to an activating group) is 1. The van der Waals surface area contributed by atoms with Gasteiger partial charge in [-0.25, -0.2) is 12.8 Å². The van der Waals surface area contributed by atoms with Crippen LogP contribution in [0.15, 0.2) is 23.1 Å². The van der Waals surface area contributed by atoms with E-state index in [1.54, 1.807) is 6.92 Å². The first-order valence-corrected chi connectivity index (χ1v) is 8.00. The van der Waals surface area contributed by atoms with E-state index in [1.807, 2.05) is 0 Å². The fourth-order valence-corrected chi connectivity index (χ4v) is 3.98. The zero-order valence-electron chi connectivity index (χ0n) is 11.3. The summed E-state index contributed by atoms with van der Waals surface area (Å²) in [5, 5.41) is 5.56. The maximum atomic E-state index is 13.4. The van der Waals surface area contributed by atoms with Crippen LogP contribution in [0.25, 0.3) is 0 Å². The molecule has 7 heteroatoms. The molecule has 0 fully saturated rings. The van der Waals surface area contributed by atoms with E-state index in [1.165, 1.54) is 19.2 Å². The molecule has 0 saturated carbocycles. The van der Waals surface area contributed by atoms with Crippen molar-refractivity contribution in [2.24, 2.45) is 0 Å². The summed E-state index contributed by atoms with van der Waals surface area (Å²) in [6, 6.07) is 2.82. The predicted molar refractivity (Wildman–Crippen MR) is 72.5 cm³/mol. The minimum absolute atomic E-state index is 0.0102. The molecule has 0 aromatic heterocycles. The maximum absolute atomic E-state index is 13.4. The van der Waals surface area contributed by atoms with Gasteiger partial charge in [0.1, 0.15) is 5.82 Å². The summed E-state index contributed by atoms with van der Waals surface area (Å²) in [6.45, 7) is 1.68. The molecule has 2 rings (SSSR count). The molecule has 2 atom stereocenters. The molecule has 0 spiro atoms. The number of carbonyl (C=O) groups excluding carboxylic acids is 1. The van der Waals surface area contributed by atoms with Crippen LogP contribution in [0.4, 0.5) is 4.39 Å². The van der Waals surface area contributed by atoms with Gasteiger partial charge in [-0.05, 0) is 37.1 Å². The Morgan fingerprint density at radius 3 is 2.80 bits per heavy atom. The summed E-state index contributed by atoms with van der Waals surface area (Å²) in [5.41, 5.74) is 0.395. The SMILES string of the molecule is CNC(=O)C(C)NC1CCS(=O)(=O)c2ccc(F)cc21. The van der Waals surface area contributed by atoms with Crippen molar-refractivity contribution in [2.45, 2.75) is 30.3 Å². The molecule has 1 aromatic carbocycles. The number of hydrogen-bond donors (Lipinski definition) is 2. The standard InChI is InChI=1S/C13H17FN2O3S/c1-8(13(17)15-2)16-11-5-6-20(18,19)12-4-3-9(14)7-10(11)12/h3-4,7-8,11,16H,5-6H2,1-2H3,(H,15,17). The Morgan fingerprint density at radius 2 is 2.15 bits per heavy atom. The summed E-state index contributed by atoms with van der Waals surface area (Å²) in [6.07, 6.45) is 0.320. The topological polar surface area (TPSA) is 75.3 Å². The predicted octanol–water partition coefficient (Wildman–Crippen LogP) is 0.768. The number of nitrogens with one attached hydrogen (secondary N) is 2. The van der Waals surface area contributed by atoms with E-state index in [0.29, 0.717) is 12.0 Å². The van der Waals surface area contributed by atoms with Crippen molar-refractivity contribution >= 4 is 15.7 Å². The van der Waals surface area contributed by atoms with Crippen molar-refractivity contribution in [1.82, 2.24) is 10.6 Å². The van der Waals surface area contributed by atoms with Crippen molar-refractivity contribution < 1.29 is 17.6 Å². The first-order valence-electron chi connectivity index (χ1n) is 6.35. The molecular weight excluding hydrogens is 283 g/mol. The third-order valence-corrected chi connectivity index (χ3v) is 5.26. The molecule has 2 unspecified atom stereocenters. The zero-order valence-corrected chi connectivity index (χ0v) is 12.1. The Kier molecular flexibility index (Phi) is 4.10. The first kappa shape index (κ1) is 14.9. The van der Waals surface area contributed by atoms with Crippen molar-refractivity contribution in [2.75, 3.05) is 12.8 Å². The van der Waals surface area contributed by atoms with Gasteiger partial charge in [0.05, 0.1) is 16.7 Å². The van der Waals surface area contributed by atoms with Gasteiger partial charge in [-0.15, -0.1) is 0 Å². The second kappa shape index (κ2) is 5.49. The number of hydrogen-bond acceptors (Lipinski definition) is 4. The summed E-state index contributed by atoms with van der Waals surface area (Å²) in [7, 11) is -1.83. The van der Waals surface area contributed by atoms with Gasteiger partial charge < -0.3 is 5.32 Å². The van der Waals surface area contributed by atoms with Gasteiger partial charge in [-0.2, -0.15) is 0 Å².